The topological polar surface area (TPSA) is 80.1 Å². The van der Waals surface area contributed by atoms with E-state index in [1.54, 1.807) is 4.68 Å². The standard InChI is InChI=1S/C25H23N5O2/c31-22-18-13-7-8-14-19(18)23(32)29(22)25-27-24-26-20(16-9-3-1-4-10-16)15-21(30(24)28-25)17-11-5-2-6-12-17/h1-6,9-12,15,18-19,21H,7-8,13-14H2,(H,26,27,28)/t18-,19-,21-/m1/s1. The molecule has 1 N–H and O–H groups in total. The van der Waals surface area contributed by atoms with Crippen molar-refractivity contribution in [3.05, 3.63) is 77.9 Å². The third-order valence-corrected chi connectivity index (χ3v) is 6.72. The van der Waals surface area contributed by atoms with E-state index in [4.69, 9.17) is 0 Å². The second-order valence-electron chi connectivity index (χ2n) is 8.62. The lowest BCUT2D eigenvalue weighted by atomic mass is 9.81. The number of allylic oxidation sites excluding steroid dienone is 1. The van der Waals surface area contributed by atoms with Crippen LogP contribution in [-0.4, -0.2) is 26.6 Å². The number of imide groups is 1. The molecule has 2 amide bonds. The largest absolute Gasteiger partial charge is 0.324 e. The lowest BCUT2D eigenvalue weighted by molar-refractivity contribution is -0.122. The maximum Gasteiger partial charge on any atom is 0.260 e. The number of carbonyl (C=O) groups excluding carboxylic acids is 2. The number of nitrogens with one attached hydrogen (secondary N) is 1. The highest BCUT2D eigenvalue weighted by Crippen LogP contribution is 2.40. The zero-order chi connectivity index (χ0) is 21.7. The number of nitrogens with zero attached hydrogens (tertiary/aromatic N) is 4. The molecule has 0 spiro atoms. The number of fused-ring (bicyclic) bond motifs is 2. The van der Waals surface area contributed by atoms with Crippen molar-refractivity contribution < 1.29 is 9.59 Å². The molecular weight excluding hydrogens is 402 g/mol. The van der Waals surface area contributed by atoms with Crippen LogP contribution >= 0.6 is 0 Å². The smallest absolute Gasteiger partial charge is 0.260 e. The van der Waals surface area contributed by atoms with Gasteiger partial charge in [0.1, 0.15) is 6.04 Å². The Morgan fingerprint density at radius 2 is 1.47 bits per heavy atom. The lowest BCUT2D eigenvalue weighted by Gasteiger charge is -2.24. The van der Waals surface area contributed by atoms with Crippen molar-refractivity contribution in [1.29, 1.82) is 0 Å². The molecule has 0 unspecified atom stereocenters. The molecule has 0 radical (unpaired) electrons. The van der Waals surface area contributed by atoms with Gasteiger partial charge >= 0.3 is 0 Å². The predicted molar refractivity (Wildman–Crippen MR) is 121 cm³/mol. The van der Waals surface area contributed by atoms with Crippen molar-refractivity contribution in [1.82, 2.24) is 14.8 Å². The Bertz CT molecular complexity index is 1190. The van der Waals surface area contributed by atoms with Crippen LogP contribution in [0, 0.1) is 11.8 Å². The van der Waals surface area contributed by atoms with Crippen LogP contribution in [0.2, 0.25) is 0 Å². The molecule has 3 aliphatic rings. The van der Waals surface area contributed by atoms with Crippen LogP contribution in [0.25, 0.3) is 5.70 Å². The second kappa shape index (κ2) is 7.44. The maximum atomic E-state index is 13.1. The van der Waals surface area contributed by atoms with E-state index in [0.717, 1.165) is 42.5 Å². The number of hydrogen-bond donors (Lipinski definition) is 1. The molecule has 1 saturated carbocycles. The minimum atomic E-state index is -0.229. The molecule has 160 valence electrons. The second-order valence-corrected chi connectivity index (χ2v) is 8.62. The lowest BCUT2D eigenvalue weighted by Crippen LogP contribution is -2.32. The molecule has 32 heavy (non-hydrogen) atoms. The Balaban J connectivity index is 1.42. The van der Waals surface area contributed by atoms with E-state index in [2.05, 4.69) is 21.5 Å². The quantitative estimate of drug-likeness (QED) is 0.642. The van der Waals surface area contributed by atoms with Crippen LogP contribution in [-0.2, 0) is 9.59 Å². The van der Waals surface area contributed by atoms with E-state index in [1.807, 2.05) is 60.7 Å². The summed E-state index contributed by atoms with van der Waals surface area (Å²) in [6.07, 6.45) is 5.61. The van der Waals surface area contributed by atoms with E-state index < -0.39 is 0 Å². The van der Waals surface area contributed by atoms with Crippen molar-refractivity contribution in [3.63, 3.8) is 0 Å². The molecule has 2 aromatic carbocycles. The monoisotopic (exact) mass is 425 g/mol. The summed E-state index contributed by atoms with van der Waals surface area (Å²) in [7, 11) is 0. The molecule has 3 atom stereocenters. The van der Waals surface area contributed by atoms with Crippen LogP contribution in [0.1, 0.15) is 42.9 Å². The highest BCUT2D eigenvalue weighted by atomic mass is 16.2. The predicted octanol–water partition coefficient (Wildman–Crippen LogP) is 4.01. The van der Waals surface area contributed by atoms with Crippen molar-refractivity contribution in [2.75, 3.05) is 10.2 Å². The number of rotatable bonds is 3. The van der Waals surface area contributed by atoms with E-state index >= 15 is 0 Å². The molecule has 3 heterocycles. The third kappa shape index (κ3) is 2.96. The first-order valence-electron chi connectivity index (χ1n) is 11.1. The van der Waals surface area contributed by atoms with E-state index in [0.29, 0.717) is 5.95 Å². The van der Waals surface area contributed by atoms with Gasteiger partial charge in [0.2, 0.25) is 17.8 Å². The van der Waals surface area contributed by atoms with Gasteiger partial charge in [-0.15, -0.1) is 5.10 Å². The van der Waals surface area contributed by atoms with Crippen molar-refractivity contribution in [3.8, 4) is 0 Å². The van der Waals surface area contributed by atoms with Crippen LogP contribution in [0.3, 0.4) is 0 Å². The summed E-state index contributed by atoms with van der Waals surface area (Å²) in [5.74, 6) is -0.0863. The molecule has 3 aromatic rings. The summed E-state index contributed by atoms with van der Waals surface area (Å²) >= 11 is 0. The van der Waals surface area contributed by atoms with E-state index in [-0.39, 0.29) is 35.6 Å². The molecule has 1 saturated heterocycles. The van der Waals surface area contributed by atoms with Crippen molar-refractivity contribution in [2.24, 2.45) is 11.8 Å². The zero-order valence-corrected chi connectivity index (χ0v) is 17.5. The van der Waals surface area contributed by atoms with Gasteiger partial charge in [-0.3, -0.25) is 9.59 Å². The van der Waals surface area contributed by atoms with Crippen LogP contribution in [0.5, 0.6) is 0 Å². The van der Waals surface area contributed by atoms with Gasteiger partial charge in [-0.25, -0.2) is 9.58 Å². The van der Waals surface area contributed by atoms with Gasteiger partial charge in [0.05, 0.1) is 11.8 Å². The minimum Gasteiger partial charge on any atom is -0.324 e. The molecule has 6 rings (SSSR count). The number of amides is 2. The van der Waals surface area contributed by atoms with Crippen LogP contribution in [0.15, 0.2) is 66.7 Å². The van der Waals surface area contributed by atoms with Gasteiger partial charge in [0.25, 0.3) is 5.95 Å². The van der Waals surface area contributed by atoms with Gasteiger partial charge in [-0.1, -0.05) is 73.5 Å². The average Bonchev–Trinajstić information content (AvgIpc) is 3.38. The summed E-state index contributed by atoms with van der Waals surface area (Å²) in [6.45, 7) is 0. The summed E-state index contributed by atoms with van der Waals surface area (Å²) in [4.78, 5) is 32.0. The number of carbonyl (C=O) groups is 2. The van der Waals surface area contributed by atoms with Gasteiger partial charge < -0.3 is 5.32 Å². The molecule has 1 aliphatic carbocycles. The summed E-state index contributed by atoms with van der Waals surface area (Å²) in [5.41, 5.74) is 3.00. The Morgan fingerprint density at radius 3 is 2.12 bits per heavy atom. The van der Waals surface area contributed by atoms with Crippen molar-refractivity contribution in [2.45, 2.75) is 31.7 Å². The molecule has 1 aromatic heterocycles. The Morgan fingerprint density at radius 1 is 0.844 bits per heavy atom. The number of anilines is 2. The number of hydrogen-bond acceptors (Lipinski definition) is 5. The number of aromatic nitrogens is 3. The molecule has 0 bridgehead atoms. The zero-order valence-electron chi connectivity index (χ0n) is 17.5. The summed E-state index contributed by atoms with van der Waals surface area (Å²) < 4.78 is 1.76. The first kappa shape index (κ1) is 19.0. The third-order valence-electron chi connectivity index (χ3n) is 6.72. The summed E-state index contributed by atoms with van der Waals surface area (Å²) in [6, 6.07) is 19.9. The Kier molecular flexibility index (Phi) is 4.41. The highest BCUT2D eigenvalue weighted by molar-refractivity contribution is 6.21. The van der Waals surface area contributed by atoms with Gasteiger partial charge in [0.15, 0.2) is 0 Å². The molecular formula is C25H23N5O2. The molecule has 2 aliphatic heterocycles. The normalized spacial score (nSPS) is 24.6. The maximum absolute atomic E-state index is 13.1. The molecule has 7 heteroatoms. The van der Waals surface area contributed by atoms with E-state index in [1.165, 1.54) is 4.90 Å². The highest BCUT2D eigenvalue weighted by Gasteiger charge is 2.50. The first-order valence-corrected chi connectivity index (χ1v) is 11.1. The van der Waals surface area contributed by atoms with E-state index in [9.17, 15) is 9.59 Å². The fraction of sp³-hybridized carbons (Fsp3) is 0.280. The fourth-order valence-electron chi connectivity index (χ4n) is 5.11. The SMILES string of the molecule is O=C1[C@@H]2CCCC[C@H]2C(=O)N1c1nc2n(n1)[C@@H](c1ccccc1)C=C(c1ccccc1)N2. The van der Waals surface area contributed by atoms with Crippen LogP contribution in [0.4, 0.5) is 11.9 Å². The fourth-order valence-corrected chi connectivity index (χ4v) is 5.11. The Labute approximate surface area is 185 Å². The van der Waals surface area contributed by atoms with Gasteiger partial charge in [-0.2, -0.15) is 4.98 Å². The first-order chi connectivity index (χ1) is 15.7. The molecule has 7 nitrogen and oxygen atoms in total. The van der Waals surface area contributed by atoms with Crippen molar-refractivity contribution >= 4 is 29.4 Å². The van der Waals surface area contributed by atoms with Gasteiger partial charge in [0, 0.05) is 5.70 Å². The average molecular weight is 425 g/mol. The molecule has 2 fully saturated rings. The Hall–Kier alpha value is -3.74. The minimum absolute atomic E-state index is 0.157. The van der Waals surface area contributed by atoms with Crippen LogP contribution < -0.4 is 10.2 Å². The summed E-state index contributed by atoms with van der Waals surface area (Å²) in [5, 5.41) is 8.01. The van der Waals surface area contributed by atoms with Gasteiger partial charge in [-0.05, 0) is 30.0 Å². The number of benzene rings is 2.